The van der Waals surface area contributed by atoms with Crippen LogP contribution >= 0.6 is 0 Å². The van der Waals surface area contributed by atoms with E-state index in [-0.39, 0.29) is 17.9 Å². The Labute approximate surface area is 154 Å². The molecule has 0 bridgehead atoms. The Morgan fingerprint density at radius 2 is 1.93 bits per heavy atom. The van der Waals surface area contributed by atoms with Crippen molar-refractivity contribution >= 4 is 32.3 Å². The van der Waals surface area contributed by atoms with Gasteiger partial charge >= 0.3 is 0 Å². The smallest absolute Gasteiger partial charge is 0.238 e. The molecule has 27 heavy (non-hydrogen) atoms. The monoisotopic (exact) mass is 385 g/mol. The molecule has 4 N–H and O–H groups in total. The summed E-state index contributed by atoms with van der Waals surface area (Å²) >= 11 is 0. The minimum Gasteiger partial charge on any atom is -0.493 e. The van der Waals surface area contributed by atoms with Crippen LogP contribution < -0.4 is 5.14 Å². The van der Waals surface area contributed by atoms with E-state index in [1.807, 2.05) is 6.07 Å². The average Bonchev–Trinajstić information content (AvgIpc) is 3.26. The van der Waals surface area contributed by atoms with E-state index in [2.05, 4.69) is 20.2 Å². The molecular formula is C17H15N5O4S. The third kappa shape index (κ3) is 3.30. The van der Waals surface area contributed by atoms with Gasteiger partial charge < -0.3 is 14.5 Å². The van der Waals surface area contributed by atoms with Crippen LogP contribution in [-0.4, -0.2) is 23.5 Å². The number of rotatable bonds is 4. The zero-order valence-corrected chi connectivity index (χ0v) is 14.5. The Morgan fingerprint density at radius 1 is 1.15 bits per heavy atom. The summed E-state index contributed by atoms with van der Waals surface area (Å²) < 4.78 is 27.9. The molecular weight excluding hydrogens is 370 g/mol. The topological polar surface area (TPSA) is 147 Å². The number of aromatic nitrogens is 2. The lowest BCUT2D eigenvalue weighted by atomic mass is 10.1. The van der Waals surface area contributed by atoms with Crippen LogP contribution in [0.15, 0.2) is 74.6 Å². The highest BCUT2D eigenvalue weighted by Gasteiger charge is 2.13. The number of hydrogen-bond acceptors (Lipinski definition) is 7. The first-order chi connectivity index (χ1) is 12.9. The maximum Gasteiger partial charge on any atom is 0.238 e. The van der Waals surface area contributed by atoms with Gasteiger partial charge in [0.05, 0.1) is 22.3 Å². The summed E-state index contributed by atoms with van der Waals surface area (Å²) in [6, 6.07) is 11.0. The standard InChI is InChI=1S/C17H13N5O4S.H2/c18-27(24,25)12-4-2-11(3-5-12)21-22-16-13-7-10(15-8-19-9-26-15)1-6-14(13)20-17(16)23;/h1-9,20,23H,(H2,18,24,25);1H. The van der Waals surface area contributed by atoms with Gasteiger partial charge in [-0.3, -0.25) is 0 Å². The highest BCUT2D eigenvalue weighted by atomic mass is 32.2. The van der Waals surface area contributed by atoms with Crippen molar-refractivity contribution in [2.75, 3.05) is 0 Å². The van der Waals surface area contributed by atoms with Crippen molar-refractivity contribution in [2.24, 2.45) is 15.4 Å². The molecule has 0 saturated heterocycles. The van der Waals surface area contributed by atoms with E-state index < -0.39 is 10.0 Å². The van der Waals surface area contributed by atoms with Gasteiger partial charge in [-0.05, 0) is 42.5 Å². The second-order valence-corrected chi connectivity index (χ2v) is 7.25. The van der Waals surface area contributed by atoms with Crippen LogP contribution in [0.2, 0.25) is 0 Å². The molecule has 138 valence electrons. The highest BCUT2D eigenvalue weighted by Crippen LogP contribution is 2.38. The van der Waals surface area contributed by atoms with Gasteiger partial charge in [-0.15, -0.1) is 5.11 Å². The second kappa shape index (κ2) is 6.34. The molecule has 0 aliphatic heterocycles. The average molecular weight is 385 g/mol. The van der Waals surface area contributed by atoms with E-state index in [0.29, 0.717) is 22.4 Å². The number of primary sulfonamides is 1. The number of aromatic amines is 1. The van der Waals surface area contributed by atoms with Gasteiger partial charge in [0.25, 0.3) is 0 Å². The fraction of sp³-hybridized carbons (Fsp3) is 0. The molecule has 2 aromatic heterocycles. The fourth-order valence-electron chi connectivity index (χ4n) is 2.59. The molecule has 0 spiro atoms. The number of sulfonamides is 1. The number of aromatic hydroxyl groups is 1. The second-order valence-electron chi connectivity index (χ2n) is 5.69. The predicted octanol–water partition coefficient (Wildman–Crippen LogP) is 3.84. The van der Waals surface area contributed by atoms with Crippen molar-refractivity contribution in [3.8, 4) is 17.2 Å². The number of fused-ring (bicyclic) bond motifs is 1. The zero-order chi connectivity index (χ0) is 19.0. The number of benzene rings is 2. The summed E-state index contributed by atoms with van der Waals surface area (Å²) in [4.78, 5) is 6.69. The first kappa shape index (κ1) is 16.9. The van der Waals surface area contributed by atoms with Crippen LogP contribution in [0.25, 0.3) is 22.2 Å². The Hall–Kier alpha value is -3.50. The van der Waals surface area contributed by atoms with Gasteiger partial charge in [0.1, 0.15) is 0 Å². The highest BCUT2D eigenvalue weighted by molar-refractivity contribution is 7.89. The van der Waals surface area contributed by atoms with Crippen molar-refractivity contribution in [3.63, 3.8) is 0 Å². The van der Waals surface area contributed by atoms with E-state index in [9.17, 15) is 13.5 Å². The van der Waals surface area contributed by atoms with Crippen LogP contribution in [0.4, 0.5) is 11.4 Å². The van der Waals surface area contributed by atoms with Crippen molar-refractivity contribution in [1.82, 2.24) is 9.97 Å². The van der Waals surface area contributed by atoms with Crippen LogP contribution in [0.5, 0.6) is 5.88 Å². The van der Waals surface area contributed by atoms with E-state index in [4.69, 9.17) is 9.56 Å². The van der Waals surface area contributed by atoms with Crippen LogP contribution in [-0.2, 0) is 10.0 Å². The summed E-state index contributed by atoms with van der Waals surface area (Å²) in [6.45, 7) is 0. The number of azo groups is 1. The number of nitrogens with two attached hydrogens (primary N) is 1. The molecule has 10 heteroatoms. The third-order valence-corrected chi connectivity index (χ3v) is 4.83. The normalized spacial score (nSPS) is 12.2. The molecule has 9 nitrogen and oxygen atoms in total. The van der Waals surface area contributed by atoms with Crippen molar-refractivity contribution < 1.29 is 19.4 Å². The third-order valence-electron chi connectivity index (χ3n) is 3.90. The van der Waals surface area contributed by atoms with Crippen molar-refractivity contribution in [1.29, 1.82) is 0 Å². The van der Waals surface area contributed by atoms with E-state index in [1.54, 1.807) is 18.3 Å². The minimum atomic E-state index is -3.77. The molecule has 0 amide bonds. The zero-order valence-electron chi connectivity index (χ0n) is 13.7. The number of oxazole rings is 1. The SMILES string of the molecule is NS(=O)(=O)c1ccc(N=Nc2c(O)[nH]c3ccc(-c4cnco4)cc23)cc1.[HH]. The molecule has 4 rings (SSSR count). The molecule has 0 radical (unpaired) electrons. The summed E-state index contributed by atoms with van der Waals surface area (Å²) in [5.74, 6) is 0.448. The van der Waals surface area contributed by atoms with Crippen molar-refractivity contribution in [2.45, 2.75) is 4.90 Å². The largest absolute Gasteiger partial charge is 0.493 e. The maximum atomic E-state index is 11.3. The molecule has 0 aliphatic carbocycles. The lowest BCUT2D eigenvalue weighted by Gasteiger charge is -1.98. The predicted molar refractivity (Wildman–Crippen MR) is 99.6 cm³/mol. The van der Waals surface area contributed by atoms with E-state index >= 15 is 0 Å². The van der Waals surface area contributed by atoms with E-state index in [0.717, 1.165) is 5.56 Å². The van der Waals surface area contributed by atoms with Gasteiger partial charge in [-0.2, -0.15) is 5.11 Å². The Bertz CT molecular complexity index is 1250. The first-order valence-electron chi connectivity index (χ1n) is 7.70. The lowest BCUT2D eigenvalue weighted by molar-refractivity contribution is 0.459. The maximum absolute atomic E-state index is 11.3. The quantitative estimate of drug-likeness (QED) is 0.457. The molecule has 0 saturated carbocycles. The van der Waals surface area contributed by atoms with Gasteiger partial charge in [-0.1, -0.05) is 0 Å². The van der Waals surface area contributed by atoms with Gasteiger partial charge in [-0.25, -0.2) is 18.5 Å². The van der Waals surface area contributed by atoms with Gasteiger partial charge in [0.15, 0.2) is 17.8 Å². The number of nitrogens with one attached hydrogen (secondary N) is 1. The number of hydrogen-bond donors (Lipinski definition) is 3. The fourth-order valence-corrected chi connectivity index (χ4v) is 3.10. The van der Waals surface area contributed by atoms with Gasteiger partial charge in [0, 0.05) is 12.4 Å². The Kier molecular flexibility index (Phi) is 3.98. The summed E-state index contributed by atoms with van der Waals surface area (Å²) in [7, 11) is -3.77. The van der Waals surface area contributed by atoms with E-state index in [1.165, 1.54) is 30.7 Å². The van der Waals surface area contributed by atoms with Gasteiger partial charge in [0.2, 0.25) is 15.9 Å². The van der Waals surface area contributed by atoms with Crippen LogP contribution in [0.3, 0.4) is 0 Å². The Balaban J connectivity index is 0.00000225. The molecule has 2 aromatic carbocycles. The van der Waals surface area contributed by atoms with Crippen molar-refractivity contribution in [3.05, 3.63) is 55.1 Å². The molecule has 4 aromatic rings. The first-order valence-corrected chi connectivity index (χ1v) is 9.24. The lowest BCUT2D eigenvalue weighted by Crippen LogP contribution is -2.11. The number of H-pyrrole nitrogens is 1. The summed E-state index contributed by atoms with van der Waals surface area (Å²) in [5.41, 5.74) is 2.10. The minimum absolute atomic E-state index is 0. The molecule has 0 aliphatic rings. The van der Waals surface area contributed by atoms with Crippen LogP contribution in [0.1, 0.15) is 1.43 Å². The molecule has 0 atom stereocenters. The number of nitrogens with zero attached hydrogens (tertiary/aromatic N) is 3. The molecule has 0 unspecified atom stereocenters. The van der Waals surface area contributed by atoms with Crippen LogP contribution in [0, 0.1) is 0 Å². The molecule has 0 fully saturated rings. The molecule has 2 heterocycles. The summed E-state index contributed by atoms with van der Waals surface area (Å²) in [5, 5.41) is 24.0. The Morgan fingerprint density at radius 3 is 2.59 bits per heavy atom. The summed E-state index contributed by atoms with van der Waals surface area (Å²) in [6.07, 6.45) is 2.92.